The van der Waals surface area contributed by atoms with Gasteiger partial charge in [0.1, 0.15) is 10.0 Å². The summed E-state index contributed by atoms with van der Waals surface area (Å²) in [6, 6.07) is 14.4. The summed E-state index contributed by atoms with van der Waals surface area (Å²) in [4.78, 5) is 5.56. The molecule has 0 spiro atoms. The molecule has 0 saturated carbocycles. The third-order valence-electron chi connectivity index (χ3n) is 3.32. The first-order valence-electron chi connectivity index (χ1n) is 7.39. The predicted octanol–water partition coefficient (Wildman–Crippen LogP) is 0.827. The average Bonchev–Trinajstić information content (AvgIpc) is 2.55. The van der Waals surface area contributed by atoms with Crippen molar-refractivity contribution in [3.63, 3.8) is 0 Å². The summed E-state index contributed by atoms with van der Waals surface area (Å²) in [5, 5.41) is 3.62. The Morgan fingerprint density at radius 1 is 1.00 bits per heavy atom. The molecule has 0 aliphatic carbocycles. The Morgan fingerprint density at radius 2 is 1.60 bits per heavy atom. The van der Waals surface area contributed by atoms with E-state index in [0.29, 0.717) is 0 Å². The van der Waals surface area contributed by atoms with E-state index in [1.807, 2.05) is 56.3 Å². The van der Waals surface area contributed by atoms with Crippen LogP contribution in [0.25, 0.3) is 10.9 Å². The van der Waals surface area contributed by atoms with Gasteiger partial charge in [0.15, 0.2) is 0 Å². The van der Waals surface area contributed by atoms with E-state index in [-0.39, 0.29) is 34.5 Å². The molecule has 7 heteroatoms. The molecule has 0 fully saturated rings. The van der Waals surface area contributed by atoms with Crippen molar-refractivity contribution in [2.24, 2.45) is 5.10 Å². The fourth-order valence-electron chi connectivity index (χ4n) is 1.92. The molecule has 2 rings (SSSR count). The van der Waals surface area contributed by atoms with Gasteiger partial charge in [-0.05, 0) is 42.8 Å². The summed E-state index contributed by atoms with van der Waals surface area (Å²) >= 11 is 0. The van der Waals surface area contributed by atoms with E-state index < -0.39 is 10.0 Å². The molecule has 126 valence electrons. The normalized spacial score (nSPS) is 11.5. The molecule has 0 aliphatic rings. The van der Waals surface area contributed by atoms with E-state index in [1.54, 1.807) is 18.2 Å². The maximum absolute atomic E-state index is 12.0. The Morgan fingerprint density at radius 3 is 2.16 bits per heavy atom. The van der Waals surface area contributed by atoms with Gasteiger partial charge >= 0.3 is 29.6 Å². The third kappa shape index (κ3) is 6.66. The zero-order valence-electron chi connectivity index (χ0n) is 14.9. The first-order valence-corrected chi connectivity index (χ1v) is 8.83. The van der Waals surface area contributed by atoms with E-state index >= 15 is 0 Å². The molecular formula is C18H20N3NaO2S. The number of rotatable bonds is 6. The molecule has 2 aromatic rings. The van der Waals surface area contributed by atoms with Gasteiger partial charge in [-0.3, -0.25) is 0 Å². The van der Waals surface area contributed by atoms with Crippen LogP contribution < -0.4 is 34.5 Å². The monoisotopic (exact) mass is 365 g/mol. The fourth-order valence-corrected chi connectivity index (χ4v) is 2.68. The molecule has 0 saturated heterocycles. The first kappa shape index (κ1) is 21.4. The molecule has 0 aromatic heterocycles. The third-order valence-corrected chi connectivity index (χ3v) is 4.50. The Bertz CT molecular complexity index is 828. The van der Waals surface area contributed by atoms with Crippen molar-refractivity contribution in [2.45, 2.75) is 11.8 Å². The van der Waals surface area contributed by atoms with E-state index in [1.165, 1.54) is 18.3 Å². The van der Waals surface area contributed by atoms with Crippen LogP contribution in [0.2, 0.25) is 0 Å². The molecule has 5 nitrogen and oxygen atoms in total. The van der Waals surface area contributed by atoms with Crippen molar-refractivity contribution in [1.82, 2.24) is 0 Å². The number of sulfonamides is 1. The zero-order valence-corrected chi connectivity index (χ0v) is 17.7. The maximum Gasteiger partial charge on any atom is 1.00 e. The summed E-state index contributed by atoms with van der Waals surface area (Å²) in [6.45, 7) is 1.89. The number of benzene rings is 2. The van der Waals surface area contributed by atoms with Gasteiger partial charge in [0.05, 0.1) is 4.90 Å². The van der Waals surface area contributed by atoms with Crippen LogP contribution in [0.15, 0.2) is 64.6 Å². The minimum atomic E-state index is -3.75. The number of allylic oxidation sites excluding steroid dienone is 1. The SMILES string of the molecule is Cc1ccc(S(=O)(=O)[N-]/N=C/C=C/c2ccc(N(C)C)cc2)cc1.[Na+]. The van der Waals surface area contributed by atoms with E-state index in [0.717, 1.165) is 16.8 Å². The maximum atomic E-state index is 12.0. The molecule has 0 atom stereocenters. The molecule has 0 heterocycles. The van der Waals surface area contributed by atoms with Gasteiger partial charge in [-0.15, -0.1) is 0 Å². The van der Waals surface area contributed by atoms with Crippen LogP contribution in [0.1, 0.15) is 11.1 Å². The van der Waals surface area contributed by atoms with Crippen molar-refractivity contribution < 1.29 is 38.0 Å². The Kier molecular flexibility index (Phi) is 8.38. The Balaban J connectivity index is 0.00000312. The van der Waals surface area contributed by atoms with E-state index in [4.69, 9.17) is 0 Å². The second kappa shape index (κ2) is 9.77. The van der Waals surface area contributed by atoms with Gasteiger partial charge in [-0.1, -0.05) is 35.9 Å². The summed E-state index contributed by atoms with van der Waals surface area (Å²) in [7, 11) is 0.210. The topological polar surface area (TPSA) is 63.8 Å². The molecular weight excluding hydrogens is 345 g/mol. The molecule has 0 N–H and O–H groups in total. The number of anilines is 1. The van der Waals surface area contributed by atoms with Crippen LogP contribution in [0.5, 0.6) is 0 Å². The van der Waals surface area contributed by atoms with Crippen molar-refractivity contribution in [1.29, 1.82) is 0 Å². The number of nitrogens with zero attached hydrogens (tertiary/aromatic N) is 3. The fraction of sp³-hybridized carbons (Fsp3) is 0.167. The second-order valence-electron chi connectivity index (χ2n) is 5.48. The molecule has 0 unspecified atom stereocenters. The van der Waals surface area contributed by atoms with Gasteiger partial charge in [0.2, 0.25) is 0 Å². The van der Waals surface area contributed by atoms with E-state index in [9.17, 15) is 8.42 Å². The van der Waals surface area contributed by atoms with Crippen LogP contribution in [0.4, 0.5) is 5.69 Å². The molecule has 25 heavy (non-hydrogen) atoms. The largest absolute Gasteiger partial charge is 1.00 e. The second-order valence-corrected chi connectivity index (χ2v) is 7.06. The number of aryl methyl sites for hydroxylation is 1. The quantitative estimate of drug-likeness (QED) is 0.433. The first-order chi connectivity index (χ1) is 11.4. The predicted molar refractivity (Wildman–Crippen MR) is 100 cm³/mol. The van der Waals surface area contributed by atoms with E-state index in [2.05, 4.69) is 9.93 Å². The minimum absolute atomic E-state index is 0. The van der Waals surface area contributed by atoms with Crippen LogP contribution >= 0.6 is 0 Å². The summed E-state index contributed by atoms with van der Waals surface area (Å²) in [5.41, 5.74) is 3.09. The summed E-state index contributed by atoms with van der Waals surface area (Å²) in [5.74, 6) is 0. The minimum Gasteiger partial charge on any atom is -0.491 e. The summed E-state index contributed by atoms with van der Waals surface area (Å²) < 4.78 is 23.9. The van der Waals surface area contributed by atoms with Crippen molar-refractivity contribution >= 4 is 28.0 Å². The number of hydrogen-bond donors (Lipinski definition) is 0. The summed E-state index contributed by atoms with van der Waals surface area (Å²) in [6.07, 6.45) is 4.83. The van der Waals surface area contributed by atoms with Gasteiger partial charge in [0, 0.05) is 26.0 Å². The molecule has 0 bridgehead atoms. The van der Waals surface area contributed by atoms with Gasteiger partial charge < -0.3 is 14.8 Å². The zero-order chi connectivity index (χ0) is 17.6. The van der Waals surface area contributed by atoms with Crippen molar-refractivity contribution in [3.8, 4) is 0 Å². The van der Waals surface area contributed by atoms with Gasteiger partial charge in [0.25, 0.3) is 0 Å². The average molecular weight is 365 g/mol. The molecule has 0 aliphatic heterocycles. The molecule has 0 radical (unpaired) electrons. The molecule has 2 aromatic carbocycles. The van der Waals surface area contributed by atoms with Crippen LogP contribution in [-0.4, -0.2) is 28.7 Å². The van der Waals surface area contributed by atoms with Crippen molar-refractivity contribution in [3.05, 3.63) is 70.6 Å². The van der Waals surface area contributed by atoms with Crippen LogP contribution in [0.3, 0.4) is 0 Å². The van der Waals surface area contributed by atoms with Crippen molar-refractivity contribution in [2.75, 3.05) is 19.0 Å². The smallest absolute Gasteiger partial charge is 0.491 e. The number of hydrogen-bond acceptors (Lipinski definition) is 4. The standard InChI is InChI=1S/C18H20N3O2S.Na/c1-15-6-12-18(13-7-15)24(22,23)20-19-14-4-5-16-8-10-17(11-9-16)21(2)3;/h4-14H,1-3H3;/q-1;+1/b5-4+,19-14+;. The Labute approximate surface area is 171 Å². The molecule has 0 amide bonds. The Hall–Kier alpha value is -1.60. The van der Waals surface area contributed by atoms with Gasteiger partial charge in [-0.25, -0.2) is 8.42 Å². The van der Waals surface area contributed by atoms with Gasteiger partial charge in [-0.2, -0.15) is 0 Å². The van der Waals surface area contributed by atoms with Crippen LogP contribution in [0, 0.1) is 6.92 Å². The van der Waals surface area contributed by atoms with Crippen LogP contribution in [-0.2, 0) is 10.0 Å².